The molecule has 0 amide bonds. The van der Waals surface area contributed by atoms with Crippen LogP contribution in [0, 0.1) is 5.82 Å². The number of benzene rings is 1. The maximum atomic E-state index is 14.1. The minimum absolute atomic E-state index is 0.338. The molecule has 0 radical (unpaired) electrons. The number of aryl methyl sites for hydroxylation is 1. The summed E-state index contributed by atoms with van der Waals surface area (Å²) < 4.78 is 22.5. The molecular formula is C30H38FN5OS2. The van der Waals surface area contributed by atoms with Gasteiger partial charge >= 0.3 is 0 Å². The zero-order valence-corrected chi connectivity index (χ0v) is 25.7. The highest BCUT2D eigenvalue weighted by Gasteiger charge is 2.25. The predicted octanol–water partition coefficient (Wildman–Crippen LogP) is 8.36. The predicted molar refractivity (Wildman–Crippen MR) is 164 cm³/mol. The quantitative estimate of drug-likeness (QED) is 0.236. The maximum Gasteiger partial charge on any atom is 0.143 e. The van der Waals surface area contributed by atoms with E-state index >= 15 is 0 Å². The molecule has 0 atom stereocenters. The smallest absolute Gasteiger partial charge is 0.143 e. The van der Waals surface area contributed by atoms with Crippen molar-refractivity contribution in [3.63, 3.8) is 0 Å². The summed E-state index contributed by atoms with van der Waals surface area (Å²) in [5.41, 5.74) is 5.45. The van der Waals surface area contributed by atoms with Crippen LogP contribution in [0.2, 0.25) is 0 Å². The van der Waals surface area contributed by atoms with Gasteiger partial charge < -0.3 is 10.1 Å². The van der Waals surface area contributed by atoms with Gasteiger partial charge in [0.1, 0.15) is 22.3 Å². The number of hydrogen-bond acceptors (Lipinski definition) is 7. The van der Waals surface area contributed by atoms with Crippen molar-refractivity contribution in [3.05, 3.63) is 58.4 Å². The monoisotopic (exact) mass is 567 g/mol. The molecule has 0 saturated heterocycles. The summed E-state index contributed by atoms with van der Waals surface area (Å²) >= 11 is 3.31. The molecule has 5 heterocycles. The molecule has 6 rings (SSSR count). The van der Waals surface area contributed by atoms with Crippen LogP contribution >= 0.6 is 22.7 Å². The van der Waals surface area contributed by atoms with Gasteiger partial charge in [0.05, 0.1) is 24.7 Å². The summed E-state index contributed by atoms with van der Waals surface area (Å²) in [4.78, 5) is 11.4. The van der Waals surface area contributed by atoms with E-state index in [0.29, 0.717) is 5.75 Å². The van der Waals surface area contributed by atoms with E-state index in [1.807, 2.05) is 61.0 Å². The summed E-state index contributed by atoms with van der Waals surface area (Å²) in [5.74, 6) is 0.139. The van der Waals surface area contributed by atoms with Crippen LogP contribution in [0.15, 0.2) is 42.0 Å². The van der Waals surface area contributed by atoms with Crippen molar-refractivity contribution in [2.24, 2.45) is 7.05 Å². The van der Waals surface area contributed by atoms with Gasteiger partial charge in [-0.15, -0.1) is 22.7 Å². The van der Waals surface area contributed by atoms with E-state index in [9.17, 15) is 4.39 Å². The lowest BCUT2D eigenvalue weighted by molar-refractivity contribution is 0.413. The molecule has 208 valence electrons. The topological polar surface area (TPSA) is 64.9 Å². The normalized spacial score (nSPS) is 11.8. The van der Waals surface area contributed by atoms with Crippen LogP contribution < -0.4 is 10.1 Å². The van der Waals surface area contributed by atoms with Crippen LogP contribution in [0.4, 0.5) is 4.39 Å². The fourth-order valence-corrected chi connectivity index (χ4v) is 6.32. The van der Waals surface area contributed by atoms with E-state index in [1.165, 1.54) is 17.0 Å². The van der Waals surface area contributed by atoms with Crippen molar-refractivity contribution in [1.29, 1.82) is 0 Å². The molecule has 0 bridgehead atoms. The molecule has 1 N–H and O–H groups in total. The Hall–Kier alpha value is -3.14. The fourth-order valence-electron chi connectivity index (χ4n) is 4.29. The minimum atomic E-state index is -0.338. The number of pyridine rings is 1. The molecule has 39 heavy (non-hydrogen) atoms. The van der Waals surface area contributed by atoms with Gasteiger partial charge in [0.15, 0.2) is 0 Å². The third-order valence-corrected chi connectivity index (χ3v) is 7.86. The van der Waals surface area contributed by atoms with E-state index in [4.69, 9.17) is 14.7 Å². The Balaban J connectivity index is 0.000000657. The number of halogens is 1. The van der Waals surface area contributed by atoms with Crippen LogP contribution in [0.3, 0.4) is 0 Å². The standard InChI is InChI=1S/C24H20FN5OS2.3C2H6/c1-30-12-13(10-27-30)21-16-6-8-32-23(16)20(15-4-3-14(25)9-18(15)31-2)22(29-21)24-28-17-5-7-26-11-19(17)33-24;3*1-2/h3-4,6,8-10,12,26H,5,7,11H2,1-2H3;3*1-2H3. The highest BCUT2D eigenvalue weighted by atomic mass is 32.1. The molecule has 0 spiro atoms. The molecule has 9 heteroatoms. The van der Waals surface area contributed by atoms with Crippen LogP contribution in [-0.4, -0.2) is 33.4 Å². The SMILES string of the molecule is CC.CC.CC.COc1cc(F)ccc1-c1c(-c2nc3c(s2)CNCC3)nc(-c2cnn(C)c2)c2ccsc12. The first-order chi connectivity index (χ1) is 19.1. The highest BCUT2D eigenvalue weighted by Crippen LogP contribution is 2.47. The average Bonchev–Trinajstić information content (AvgIpc) is 3.75. The van der Waals surface area contributed by atoms with Crippen molar-refractivity contribution >= 4 is 32.8 Å². The summed E-state index contributed by atoms with van der Waals surface area (Å²) in [5, 5.41) is 11.7. The van der Waals surface area contributed by atoms with Gasteiger partial charge in [0.2, 0.25) is 0 Å². The van der Waals surface area contributed by atoms with E-state index in [2.05, 4.69) is 21.9 Å². The van der Waals surface area contributed by atoms with Crippen molar-refractivity contribution in [2.75, 3.05) is 13.7 Å². The summed E-state index contributed by atoms with van der Waals surface area (Å²) in [6, 6.07) is 6.74. The Morgan fingerprint density at radius 2 is 1.79 bits per heavy atom. The third kappa shape index (κ3) is 6.21. The van der Waals surface area contributed by atoms with E-state index in [1.54, 1.807) is 40.5 Å². The number of aromatic nitrogens is 4. The molecule has 1 aromatic carbocycles. The first-order valence-corrected chi connectivity index (χ1v) is 15.3. The second kappa shape index (κ2) is 14.3. The van der Waals surface area contributed by atoms with Gasteiger partial charge in [0, 0.05) is 70.5 Å². The molecule has 0 unspecified atom stereocenters. The van der Waals surface area contributed by atoms with Crippen molar-refractivity contribution in [3.8, 4) is 38.8 Å². The van der Waals surface area contributed by atoms with Crippen LogP contribution in [0.1, 0.15) is 52.1 Å². The van der Waals surface area contributed by atoms with Crippen molar-refractivity contribution in [1.82, 2.24) is 25.1 Å². The first kappa shape index (κ1) is 30.4. The summed E-state index contributed by atoms with van der Waals surface area (Å²) in [6.45, 7) is 13.7. The van der Waals surface area contributed by atoms with Crippen LogP contribution in [0.25, 0.3) is 43.2 Å². The molecule has 0 saturated carbocycles. The molecule has 1 aliphatic rings. The molecule has 1 aliphatic heterocycles. The average molecular weight is 568 g/mol. The van der Waals surface area contributed by atoms with Gasteiger partial charge in [-0.1, -0.05) is 41.5 Å². The summed E-state index contributed by atoms with van der Waals surface area (Å²) in [7, 11) is 3.46. The largest absolute Gasteiger partial charge is 0.496 e. The Morgan fingerprint density at radius 1 is 1.03 bits per heavy atom. The lowest BCUT2D eigenvalue weighted by atomic mass is 9.99. The molecule has 4 aromatic heterocycles. The number of thiazole rings is 1. The molecule has 0 aliphatic carbocycles. The lowest BCUT2D eigenvalue weighted by Crippen LogP contribution is -2.22. The lowest BCUT2D eigenvalue weighted by Gasteiger charge is -2.15. The van der Waals surface area contributed by atoms with Crippen molar-refractivity contribution in [2.45, 2.75) is 54.5 Å². The van der Waals surface area contributed by atoms with E-state index in [0.717, 1.165) is 68.4 Å². The Kier molecular flexibility index (Phi) is 11.2. The van der Waals surface area contributed by atoms with E-state index < -0.39 is 0 Å². The minimum Gasteiger partial charge on any atom is -0.496 e. The highest BCUT2D eigenvalue weighted by molar-refractivity contribution is 7.18. The summed E-state index contributed by atoms with van der Waals surface area (Å²) in [6.07, 6.45) is 4.70. The molecule has 5 aromatic rings. The number of rotatable bonds is 4. The Labute approximate surface area is 238 Å². The second-order valence-corrected chi connectivity index (χ2v) is 9.91. The third-order valence-electron chi connectivity index (χ3n) is 5.82. The Morgan fingerprint density at radius 3 is 2.46 bits per heavy atom. The number of hydrogen-bond donors (Lipinski definition) is 1. The second-order valence-electron chi connectivity index (χ2n) is 7.91. The molecular weight excluding hydrogens is 529 g/mol. The number of thiophene rings is 1. The van der Waals surface area contributed by atoms with Gasteiger partial charge in [0.25, 0.3) is 0 Å². The Bertz CT molecular complexity index is 1480. The van der Waals surface area contributed by atoms with Gasteiger partial charge in [-0.25, -0.2) is 14.4 Å². The van der Waals surface area contributed by atoms with Gasteiger partial charge in [-0.2, -0.15) is 5.10 Å². The number of ether oxygens (including phenoxy) is 1. The van der Waals surface area contributed by atoms with Gasteiger partial charge in [-0.05, 0) is 23.6 Å². The maximum absolute atomic E-state index is 14.1. The molecule has 6 nitrogen and oxygen atoms in total. The zero-order valence-electron chi connectivity index (χ0n) is 24.1. The zero-order chi connectivity index (χ0) is 28.5. The number of fused-ring (bicyclic) bond motifs is 2. The fraction of sp³-hybridized carbons (Fsp3) is 0.367. The van der Waals surface area contributed by atoms with Crippen LogP contribution in [0.5, 0.6) is 5.75 Å². The van der Waals surface area contributed by atoms with E-state index in [-0.39, 0.29) is 5.82 Å². The van der Waals surface area contributed by atoms with Crippen molar-refractivity contribution < 1.29 is 9.13 Å². The van der Waals surface area contributed by atoms with Gasteiger partial charge in [-0.3, -0.25) is 4.68 Å². The number of methoxy groups -OCH3 is 1. The number of nitrogens with one attached hydrogen (secondary N) is 1. The van der Waals surface area contributed by atoms with Crippen LogP contribution in [-0.2, 0) is 20.0 Å². The first-order valence-electron chi connectivity index (χ1n) is 13.6. The number of nitrogens with zero attached hydrogens (tertiary/aromatic N) is 4. The molecule has 0 fully saturated rings.